The first-order chi connectivity index (χ1) is 8.69. The molecule has 2 aromatic carbocycles. The molecule has 0 radical (unpaired) electrons. The molecule has 0 fully saturated rings. The van der Waals surface area contributed by atoms with Gasteiger partial charge in [0.1, 0.15) is 7.85 Å². The molecular weight excluding hydrogens is 221 g/mol. The summed E-state index contributed by atoms with van der Waals surface area (Å²) in [5, 5.41) is 2.11. The molecule has 0 unspecified atom stereocenters. The number of amides is 1. The fourth-order valence-electron chi connectivity index (χ4n) is 2.22. The lowest BCUT2D eigenvalue weighted by Crippen LogP contribution is -2.44. The molecule has 2 rings (SSSR count). The van der Waals surface area contributed by atoms with Gasteiger partial charge in [-0.3, -0.25) is 4.79 Å². The van der Waals surface area contributed by atoms with E-state index >= 15 is 0 Å². The highest BCUT2D eigenvalue weighted by Crippen LogP contribution is 2.29. The maximum absolute atomic E-state index is 12.3. The zero-order valence-corrected chi connectivity index (χ0v) is 10.7. The Morgan fingerprint density at radius 3 is 1.67 bits per heavy atom. The van der Waals surface area contributed by atoms with Crippen molar-refractivity contribution in [2.75, 3.05) is 7.05 Å². The molecule has 1 N–H and O–H groups in total. The molecule has 0 aliphatic rings. The second kappa shape index (κ2) is 5.09. The Morgan fingerprint density at radius 2 is 1.33 bits per heavy atom. The minimum absolute atomic E-state index is 0.0000926. The van der Waals surface area contributed by atoms with Crippen molar-refractivity contribution in [2.45, 2.75) is 5.31 Å². The molecule has 0 saturated heterocycles. The number of nitrogens with one attached hydrogen (secondary N) is 1. The molecule has 0 aliphatic heterocycles. The van der Waals surface area contributed by atoms with Crippen LogP contribution in [0, 0.1) is 0 Å². The lowest BCUT2D eigenvalue weighted by atomic mass is 9.59. The maximum atomic E-state index is 12.3. The quantitative estimate of drug-likeness (QED) is 0.801. The van der Waals surface area contributed by atoms with Gasteiger partial charge in [-0.2, -0.15) is 0 Å². The fourth-order valence-corrected chi connectivity index (χ4v) is 2.22. The number of hydrogen-bond donors (Lipinski definition) is 1. The highest BCUT2D eigenvalue weighted by atomic mass is 16.2. The molecular formula is C15H16BNO. The van der Waals surface area contributed by atoms with Crippen molar-refractivity contribution in [3.05, 3.63) is 71.8 Å². The van der Waals surface area contributed by atoms with Crippen molar-refractivity contribution in [2.24, 2.45) is 0 Å². The van der Waals surface area contributed by atoms with Crippen molar-refractivity contribution < 1.29 is 4.79 Å². The van der Waals surface area contributed by atoms with Gasteiger partial charge < -0.3 is 5.32 Å². The SMILES string of the molecule is BC(C(=O)NC)(c1ccccc1)c1ccccc1. The summed E-state index contributed by atoms with van der Waals surface area (Å²) in [7, 11) is 3.63. The number of rotatable bonds is 3. The van der Waals surface area contributed by atoms with E-state index in [1.165, 1.54) is 0 Å². The largest absolute Gasteiger partial charge is 0.359 e. The molecule has 2 aromatic rings. The van der Waals surface area contributed by atoms with Crippen molar-refractivity contribution in [1.29, 1.82) is 0 Å². The van der Waals surface area contributed by atoms with Gasteiger partial charge in [-0.25, -0.2) is 0 Å². The van der Waals surface area contributed by atoms with E-state index in [0.717, 1.165) is 11.1 Å². The van der Waals surface area contributed by atoms with E-state index < -0.39 is 5.31 Å². The minimum atomic E-state index is -0.655. The van der Waals surface area contributed by atoms with Crippen LogP contribution in [0.2, 0.25) is 0 Å². The number of hydrogen-bond acceptors (Lipinski definition) is 1. The van der Waals surface area contributed by atoms with Gasteiger partial charge in [-0.1, -0.05) is 60.7 Å². The van der Waals surface area contributed by atoms with Crippen LogP contribution < -0.4 is 5.32 Å². The summed E-state index contributed by atoms with van der Waals surface area (Å²) in [6, 6.07) is 19.7. The number of likely N-dealkylation sites (N-methyl/N-ethyl adjacent to an activating group) is 1. The van der Waals surface area contributed by atoms with Crippen LogP contribution in [0.3, 0.4) is 0 Å². The predicted octanol–water partition coefficient (Wildman–Crippen LogP) is 1.31. The van der Waals surface area contributed by atoms with Gasteiger partial charge in [0, 0.05) is 7.05 Å². The average molecular weight is 237 g/mol. The van der Waals surface area contributed by atoms with Gasteiger partial charge in [0.25, 0.3) is 0 Å². The van der Waals surface area contributed by atoms with Crippen LogP contribution in [0.25, 0.3) is 0 Å². The van der Waals surface area contributed by atoms with Crippen molar-refractivity contribution in [3.8, 4) is 0 Å². The molecule has 0 bridgehead atoms. The van der Waals surface area contributed by atoms with Crippen LogP contribution in [0.1, 0.15) is 11.1 Å². The Balaban J connectivity index is 2.59. The molecule has 90 valence electrons. The summed E-state index contributed by atoms with van der Waals surface area (Å²) in [4.78, 5) is 12.3. The van der Waals surface area contributed by atoms with Gasteiger partial charge in [0.2, 0.25) is 5.91 Å². The first-order valence-electron chi connectivity index (χ1n) is 6.03. The molecule has 18 heavy (non-hydrogen) atoms. The van der Waals surface area contributed by atoms with Crippen LogP contribution in [-0.4, -0.2) is 20.8 Å². The monoisotopic (exact) mass is 237 g/mol. The Morgan fingerprint density at radius 1 is 0.944 bits per heavy atom. The van der Waals surface area contributed by atoms with Crippen molar-refractivity contribution in [3.63, 3.8) is 0 Å². The van der Waals surface area contributed by atoms with Crippen LogP contribution >= 0.6 is 0 Å². The highest BCUT2D eigenvalue weighted by molar-refractivity contribution is 6.31. The molecule has 3 heteroatoms. The van der Waals surface area contributed by atoms with Crippen LogP contribution in [0.5, 0.6) is 0 Å². The van der Waals surface area contributed by atoms with Gasteiger partial charge in [0.15, 0.2) is 0 Å². The third kappa shape index (κ3) is 2.04. The normalized spacial score (nSPS) is 10.9. The molecule has 0 aromatic heterocycles. The van der Waals surface area contributed by atoms with Gasteiger partial charge >= 0.3 is 0 Å². The molecule has 0 spiro atoms. The lowest BCUT2D eigenvalue weighted by molar-refractivity contribution is -0.122. The summed E-state index contributed by atoms with van der Waals surface area (Å²) in [6.07, 6.45) is 0. The molecule has 2 nitrogen and oxygen atoms in total. The van der Waals surface area contributed by atoms with E-state index in [1.807, 2.05) is 68.5 Å². The summed E-state index contributed by atoms with van der Waals surface area (Å²) in [5.74, 6) is -0.0000926. The summed E-state index contributed by atoms with van der Waals surface area (Å²) < 4.78 is 0. The molecule has 0 saturated carbocycles. The molecule has 0 atom stereocenters. The number of benzene rings is 2. The van der Waals surface area contributed by atoms with Crippen molar-refractivity contribution >= 4 is 13.8 Å². The Hall–Kier alpha value is -2.03. The van der Waals surface area contributed by atoms with E-state index in [0.29, 0.717) is 0 Å². The lowest BCUT2D eigenvalue weighted by Gasteiger charge is -2.29. The van der Waals surface area contributed by atoms with E-state index in [2.05, 4.69) is 5.32 Å². The molecule has 0 aliphatic carbocycles. The smallest absolute Gasteiger partial charge is 0.226 e. The van der Waals surface area contributed by atoms with Gasteiger partial charge in [-0.15, -0.1) is 0 Å². The van der Waals surface area contributed by atoms with E-state index in [4.69, 9.17) is 0 Å². The predicted molar refractivity (Wildman–Crippen MR) is 76.3 cm³/mol. The minimum Gasteiger partial charge on any atom is -0.359 e. The zero-order chi connectivity index (χ0) is 13.0. The summed E-state index contributed by atoms with van der Waals surface area (Å²) in [6.45, 7) is 0. The summed E-state index contributed by atoms with van der Waals surface area (Å²) in [5.41, 5.74) is 1.99. The van der Waals surface area contributed by atoms with E-state index in [-0.39, 0.29) is 5.91 Å². The molecule has 0 heterocycles. The van der Waals surface area contributed by atoms with E-state index in [1.54, 1.807) is 7.05 Å². The average Bonchev–Trinajstić information content (AvgIpc) is 2.47. The standard InChI is InChI=1S/C15H16BNO/c1-17-14(18)15(16,12-8-4-2-5-9-12)13-10-6-3-7-11-13/h2-11H,16H2,1H3,(H,17,18). The molecule has 1 amide bonds. The topological polar surface area (TPSA) is 29.1 Å². The van der Waals surface area contributed by atoms with E-state index in [9.17, 15) is 4.79 Å². The van der Waals surface area contributed by atoms with Crippen LogP contribution in [-0.2, 0) is 10.1 Å². The second-order valence-corrected chi connectivity index (χ2v) is 4.44. The summed E-state index contributed by atoms with van der Waals surface area (Å²) >= 11 is 0. The Bertz CT molecular complexity index is 485. The first kappa shape index (κ1) is 12.4. The third-order valence-electron chi connectivity index (χ3n) is 3.38. The Kier molecular flexibility index (Phi) is 3.51. The highest BCUT2D eigenvalue weighted by Gasteiger charge is 2.35. The van der Waals surface area contributed by atoms with Crippen LogP contribution in [0.15, 0.2) is 60.7 Å². The maximum Gasteiger partial charge on any atom is 0.226 e. The van der Waals surface area contributed by atoms with Gasteiger partial charge in [-0.05, 0) is 11.1 Å². The number of carbonyl (C=O) groups excluding carboxylic acids is 1. The number of carbonyl (C=O) groups is 1. The first-order valence-corrected chi connectivity index (χ1v) is 6.03. The Labute approximate surface area is 108 Å². The fraction of sp³-hybridized carbons (Fsp3) is 0.133. The third-order valence-corrected chi connectivity index (χ3v) is 3.38. The zero-order valence-electron chi connectivity index (χ0n) is 10.7. The van der Waals surface area contributed by atoms with Gasteiger partial charge in [0.05, 0.1) is 5.31 Å². The van der Waals surface area contributed by atoms with Crippen LogP contribution in [0.4, 0.5) is 0 Å². The second-order valence-electron chi connectivity index (χ2n) is 4.44. The van der Waals surface area contributed by atoms with Crippen molar-refractivity contribution in [1.82, 2.24) is 5.32 Å².